The molecule has 1 heterocycles. The third-order valence-electron chi connectivity index (χ3n) is 4.18. The number of amides is 1. The second-order valence-electron chi connectivity index (χ2n) is 7.56. The maximum Gasteiger partial charge on any atom is 0.342 e. The van der Waals surface area contributed by atoms with Gasteiger partial charge < -0.3 is 39.7 Å². The smallest absolute Gasteiger partial charge is 0.342 e. The van der Waals surface area contributed by atoms with E-state index in [-0.39, 0.29) is 35.5 Å². The molecule has 17 heteroatoms. The van der Waals surface area contributed by atoms with Gasteiger partial charge in [-0.2, -0.15) is 0 Å². The minimum atomic E-state index is -2.39. The summed E-state index contributed by atoms with van der Waals surface area (Å²) in [7, 11) is -0.589. The summed E-state index contributed by atoms with van der Waals surface area (Å²) in [6.45, 7) is 5.30. The lowest BCUT2D eigenvalue weighted by molar-refractivity contribution is -0.121. The molecule has 188 valence electrons. The van der Waals surface area contributed by atoms with Crippen LogP contribution in [-0.2, 0) is 27.4 Å². The van der Waals surface area contributed by atoms with Crippen molar-refractivity contribution < 1.29 is 42.1 Å². The average molecular weight is 554 g/mol. The van der Waals surface area contributed by atoms with E-state index in [1.54, 1.807) is 21.6 Å². The molecule has 1 saturated heterocycles. The molecule has 1 aliphatic rings. The predicted octanol–water partition coefficient (Wildman–Crippen LogP) is 1.47. The molecule has 0 spiro atoms. The zero-order valence-electron chi connectivity index (χ0n) is 18.5. The highest BCUT2D eigenvalue weighted by atomic mass is 33.1. The molecule has 4 unspecified atom stereocenters. The molecule has 1 rings (SSSR count). The van der Waals surface area contributed by atoms with Crippen molar-refractivity contribution in [3.8, 4) is 0 Å². The van der Waals surface area contributed by atoms with Crippen molar-refractivity contribution >= 4 is 61.6 Å². The number of hydrogen-bond acceptors (Lipinski definition) is 12. The summed E-state index contributed by atoms with van der Waals surface area (Å²) in [6.07, 6.45) is 2.23. The van der Waals surface area contributed by atoms with Crippen molar-refractivity contribution in [1.29, 1.82) is 0 Å². The first kappa shape index (κ1) is 31.2. The summed E-state index contributed by atoms with van der Waals surface area (Å²) in [6, 6.07) is -0.0168. The van der Waals surface area contributed by atoms with Crippen LogP contribution in [0.5, 0.6) is 0 Å². The van der Waals surface area contributed by atoms with Crippen molar-refractivity contribution in [3.05, 3.63) is 0 Å². The molecular weight excluding hydrogens is 520 g/mol. The quantitative estimate of drug-likeness (QED) is 0.0547. The van der Waals surface area contributed by atoms with Gasteiger partial charge in [-0.15, -0.1) is 0 Å². The normalized spacial score (nSPS) is 23.6. The summed E-state index contributed by atoms with van der Waals surface area (Å²) in [4.78, 5) is 39.4. The van der Waals surface area contributed by atoms with Gasteiger partial charge in [-0.05, 0) is 39.7 Å². The number of nitrogens with two attached hydrogens (primary N) is 1. The van der Waals surface area contributed by atoms with Crippen LogP contribution in [0.15, 0.2) is 0 Å². The number of unbranched alkanes of at least 4 members (excludes halogenated alkanes) is 1. The highest BCUT2D eigenvalue weighted by molar-refractivity contribution is 8.77. The summed E-state index contributed by atoms with van der Waals surface area (Å²) >= 11 is 0. The molecule has 32 heavy (non-hydrogen) atoms. The fourth-order valence-electron chi connectivity index (χ4n) is 2.67. The first-order valence-corrected chi connectivity index (χ1v) is 15.5. The molecule has 1 fully saturated rings. The van der Waals surface area contributed by atoms with Gasteiger partial charge in [-0.1, -0.05) is 21.6 Å². The largest absolute Gasteiger partial charge is 0.379 e. The maximum atomic E-state index is 11.9. The second kappa shape index (κ2) is 17.6. The number of rotatable bonds is 18. The van der Waals surface area contributed by atoms with Gasteiger partial charge in [0.1, 0.15) is 19.9 Å². The van der Waals surface area contributed by atoms with E-state index in [1.807, 2.05) is 7.85 Å². The van der Waals surface area contributed by atoms with Gasteiger partial charge in [0.05, 0.1) is 12.7 Å². The van der Waals surface area contributed by atoms with Gasteiger partial charge >= 0.3 is 17.2 Å². The lowest BCUT2D eigenvalue weighted by atomic mass is 9.96. The third kappa shape index (κ3) is 14.5. The van der Waals surface area contributed by atoms with Gasteiger partial charge in [0, 0.05) is 23.7 Å². The minimum absolute atomic E-state index is 0.0168. The van der Waals surface area contributed by atoms with Gasteiger partial charge in [0.2, 0.25) is 5.91 Å². The fourth-order valence-corrected chi connectivity index (χ4v) is 6.50. The van der Waals surface area contributed by atoms with Gasteiger partial charge in [-0.3, -0.25) is 9.11 Å². The number of hydrogen-bond donors (Lipinski definition) is 5. The van der Waals surface area contributed by atoms with Crippen molar-refractivity contribution in [3.63, 3.8) is 0 Å². The van der Waals surface area contributed by atoms with Crippen LogP contribution in [0.25, 0.3) is 0 Å². The fraction of sp³-hybridized carbons (Fsp3) is 0.933. The first-order chi connectivity index (χ1) is 15.2. The molecule has 1 aliphatic heterocycles. The average Bonchev–Trinajstić information content (AvgIpc) is 3.08. The topological polar surface area (TPSA) is 162 Å². The van der Waals surface area contributed by atoms with E-state index in [2.05, 4.69) is 23.5 Å². The van der Waals surface area contributed by atoms with Gasteiger partial charge in [0.15, 0.2) is 9.03 Å². The Labute approximate surface area is 202 Å². The Bertz CT molecular complexity index is 537. The van der Waals surface area contributed by atoms with Crippen molar-refractivity contribution in [2.45, 2.75) is 62.5 Å². The molecule has 0 radical (unpaired) electrons. The van der Waals surface area contributed by atoms with Crippen LogP contribution < -0.4 is 11.1 Å². The minimum Gasteiger partial charge on any atom is -0.379 e. The monoisotopic (exact) mass is 554 g/mol. The third-order valence-corrected chi connectivity index (χ3v) is 9.56. The Hall–Kier alpha value is 1.16. The molecule has 6 N–H and O–H groups in total. The van der Waals surface area contributed by atoms with E-state index < -0.39 is 26.2 Å². The van der Waals surface area contributed by atoms with E-state index in [0.29, 0.717) is 31.9 Å². The van der Waals surface area contributed by atoms with Gasteiger partial charge in [-0.25, -0.2) is 4.31 Å². The first-order valence-electron chi connectivity index (χ1n) is 10.1. The Morgan fingerprint density at radius 3 is 2.81 bits per heavy atom. The molecule has 0 saturated carbocycles. The van der Waals surface area contributed by atoms with Crippen LogP contribution in [-0.4, -0.2) is 77.0 Å². The van der Waals surface area contributed by atoms with Crippen LogP contribution in [0.1, 0.15) is 39.5 Å². The van der Waals surface area contributed by atoms with Crippen LogP contribution in [0.4, 0.5) is 0 Å². The van der Waals surface area contributed by atoms with Crippen molar-refractivity contribution in [2.75, 3.05) is 25.6 Å². The zero-order valence-corrected chi connectivity index (χ0v) is 22.9. The predicted molar refractivity (Wildman–Crippen MR) is 134 cm³/mol. The Kier molecular flexibility index (Phi) is 17.1. The highest BCUT2D eigenvalue weighted by Crippen LogP contribution is 2.52. The summed E-state index contributed by atoms with van der Waals surface area (Å²) in [5.41, 5.74) is 5.44. The summed E-state index contributed by atoms with van der Waals surface area (Å²) in [5.74, 6) is 0.464. The molecule has 0 aromatic heterocycles. The Morgan fingerprint density at radius 1 is 1.38 bits per heavy atom. The lowest BCUT2D eigenvalue weighted by Crippen LogP contribution is -2.35. The molecule has 11 nitrogen and oxygen atoms in total. The molecule has 0 aromatic carbocycles. The van der Waals surface area contributed by atoms with E-state index in [1.165, 1.54) is 0 Å². The standard InChI is InChI=1S/C15H34BN2O9P3S2/c1-15(2,9-18-14(19)5-3-4-6-17)32-31-10-23-11-7-13(16)25-12(11)8-24-29(21)27-30(22)26-28-20/h11-13,20-22,28H,3-10,16-17H2,1-2H3,(H,18,19)/t11-,12?,13-,29?,30?/m1/s1. The molecule has 0 bridgehead atoms. The van der Waals surface area contributed by atoms with E-state index >= 15 is 0 Å². The molecule has 0 aliphatic carbocycles. The highest BCUT2D eigenvalue weighted by Gasteiger charge is 2.35. The molecule has 0 aromatic rings. The maximum absolute atomic E-state index is 11.9. The van der Waals surface area contributed by atoms with Crippen molar-refractivity contribution in [2.24, 2.45) is 5.73 Å². The molecule has 6 atom stereocenters. The summed E-state index contributed by atoms with van der Waals surface area (Å²) < 4.78 is 25.9. The number of nitrogens with one attached hydrogen (secondary N) is 1. The second-order valence-corrected chi connectivity index (χ2v) is 13.3. The number of carbonyl (C=O) groups is 1. The van der Waals surface area contributed by atoms with Crippen LogP contribution in [0.3, 0.4) is 0 Å². The summed E-state index contributed by atoms with van der Waals surface area (Å²) in [5, 5.41) is 2.96. The van der Waals surface area contributed by atoms with Crippen LogP contribution in [0.2, 0.25) is 0 Å². The Morgan fingerprint density at radius 2 is 2.12 bits per heavy atom. The molecular formula is C15H34BN2O9P3S2. The van der Waals surface area contributed by atoms with E-state index in [0.717, 1.165) is 12.8 Å². The number of ether oxygens (including phenoxy) is 2. The van der Waals surface area contributed by atoms with Gasteiger partial charge in [0.25, 0.3) is 0 Å². The Balaban J connectivity index is 2.27. The van der Waals surface area contributed by atoms with Crippen LogP contribution in [0, 0.1) is 0 Å². The number of carbonyl (C=O) groups excluding carboxylic acids is 1. The zero-order chi connectivity index (χ0) is 24.0. The molecule has 1 amide bonds. The van der Waals surface area contributed by atoms with E-state index in [9.17, 15) is 14.6 Å². The van der Waals surface area contributed by atoms with Crippen LogP contribution >= 0.6 is 47.8 Å². The SMILES string of the molecule is B[C@H]1C[C@@H](OCSSC(C)(C)CNC(=O)CCCCN)C(COP(O)OP(O)OPO)O1. The lowest BCUT2D eigenvalue weighted by Gasteiger charge is -2.24. The van der Waals surface area contributed by atoms with E-state index in [4.69, 9.17) is 28.9 Å². The van der Waals surface area contributed by atoms with Crippen molar-refractivity contribution in [1.82, 2.24) is 5.32 Å².